The molecule has 108 valence electrons. The summed E-state index contributed by atoms with van der Waals surface area (Å²) < 4.78 is 27.0. The Morgan fingerprint density at radius 3 is 2.39 bits per heavy atom. The molecule has 0 aromatic heterocycles. The topological polar surface area (TPSA) is 75.4 Å². The zero-order valence-electron chi connectivity index (χ0n) is 11.6. The number of rotatable bonds is 7. The number of piperidine rings is 1. The normalized spacial score (nSPS) is 21.1. The van der Waals surface area contributed by atoms with Gasteiger partial charge in [-0.15, -0.1) is 0 Å². The number of nitrogens with two attached hydrogens (primary N) is 1. The Bertz CT molecular complexity index is 320. The van der Waals surface area contributed by atoms with E-state index in [0.29, 0.717) is 6.42 Å². The van der Waals surface area contributed by atoms with Crippen LogP contribution in [0.25, 0.3) is 0 Å². The van der Waals surface area contributed by atoms with Crippen molar-refractivity contribution in [3.8, 4) is 0 Å². The second-order valence-corrected chi connectivity index (χ2v) is 7.04. The molecule has 1 unspecified atom stereocenters. The molecule has 1 atom stereocenters. The van der Waals surface area contributed by atoms with Gasteiger partial charge in [0.15, 0.2) is 0 Å². The van der Waals surface area contributed by atoms with Crippen LogP contribution in [0.2, 0.25) is 0 Å². The number of sulfonamides is 1. The van der Waals surface area contributed by atoms with Gasteiger partial charge in [-0.2, -0.15) is 0 Å². The van der Waals surface area contributed by atoms with E-state index < -0.39 is 15.3 Å². The highest BCUT2D eigenvalue weighted by atomic mass is 32.2. The van der Waals surface area contributed by atoms with Gasteiger partial charge in [0.25, 0.3) is 0 Å². The van der Waals surface area contributed by atoms with Crippen molar-refractivity contribution in [1.82, 2.24) is 9.62 Å². The minimum atomic E-state index is -3.25. The first-order chi connectivity index (χ1) is 8.53. The minimum Gasteiger partial charge on any atom is -0.329 e. The lowest BCUT2D eigenvalue weighted by Gasteiger charge is -2.32. The molecule has 0 amide bonds. The van der Waals surface area contributed by atoms with Gasteiger partial charge in [0, 0.05) is 12.6 Å². The highest BCUT2D eigenvalue weighted by molar-refractivity contribution is 7.90. The van der Waals surface area contributed by atoms with Gasteiger partial charge in [-0.1, -0.05) is 13.8 Å². The minimum absolute atomic E-state index is 0.0868. The quantitative estimate of drug-likeness (QED) is 0.711. The van der Waals surface area contributed by atoms with Gasteiger partial charge < -0.3 is 10.6 Å². The van der Waals surface area contributed by atoms with Crippen LogP contribution in [0.3, 0.4) is 0 Å². The van der Waals surface area contributed by atoms with Crippen LogP contribution in [-0.4, -0.2) is 50.8 Å². The fourth-order valence-corrected chi connectivity index (χ4v) is 4.02. The van der Waals surface area contributed by atoms with Gasteiger partial charge in [0.2, 0.25) is 10.0 Å². The molecule has 18 heavy (non-hydrogen) atoms. The first-order valence-corrected chi connectivity index (χ1v) is 8.51. The van der Waals surface area contributed by atoms with E-state index in [9.17, 15) is 8.42 Å². The van der Waals surface area contributed by atoms with Crippen molar-refractivity contribution < 1.29 is 8.42 Å². The largest absolute Gasteiger partial charge is 0.329 e. The van der Waals surface area contributed by atoms with Crippen LogP contribution >= 0.6 is 0 Å². The van der Waals surface area contributed by atoms with E-state index in [1.807, 2.05) is 6.92 Å². The Balaban J connectivity index is 2.45. The summed E-state index contributed by atoms with van der Waals surface area (Å²) in [4.78, 5) is 2.39. The van der Waals surface area contributed by atoms with Crippen molar-refractivity contribution in [3.63, 3.8) is 0 Å². The van der Waals surface area contributed by atoms with E-state index >= 15 is 0 Å². The maximum absolute atomic E-state index is 12.1. The molecule has 0 bridgehead atoms. The van der Waals surface area contributed by atoms with Crippen molar-refractivity contribution in [1.29, 1.82) is 0 Å². The van der Waals surface area contributed by atoms with Crippen LogP contribution in [0.15, 0.2) is 0 Å². The first-order valence-electron chi connectivity index (χ1n) is 6.97. The number of hydrogen-bond donors (Lipinski definition) is 2. The van der Waals surface area contributed by atoms with Gasteiger partial charge in [0.1, 0.15) is 0 Å². The fraction of sp³-hybridized carbons (Fsp3) is 1.00. The highest BCUT2D eigenvalue weighted by Gasteiger charge is 2.27. The summed E-state index contributed by atoms with van der Waals surface area (Å²) in [7, 11) is -3.25. The van der Waals surface area contributed by atoms with Gasteiger partial charge >= 0.3 is 0 Å². The van der Waals surface area contributed by atoms with Gasteiger partial charge in [-0.25, -0.2) is 13.1 Å². The SMILES string of the molecule is CCCN1CCC(NS(=O)(=O)C(CC)CN)CC1. The van der Waals surface area contributed by atoms with Gasteiger partial charge in [-0.05, 0) is 45.3 Å². The molecule has 0 aliphatic carbocycles. The van der Waals surface area contributed by atoms with Crippen LogP contribution in [0, 0.1) is 0 Å². The second kappa shape index (κ2) is 7.43. The summed E-state index contributed by atoms with van der Waals surface area (Å²) in [5.41, 5.74) is 5.51. The summed E-state index contributed by atoms with van der Waals surface area (Å²) in [6, 6.07) is 0.0868. The van der Waals surface area contributed by atoms with Crippen molar-refractivity contribution in [2.45, 2.75) is 50.8 Å². The molecule has 0 aromatic carbocycles. The third-order valence-electron chi connectivity index (χ3n) is 3.62. The molecule has 1 rings (SSSR count). The monoisotopic (exact) mass is 277 g/mol. The van der Waals surface area contributed by atoms with Crippen molar-refractivity contribution >= 4 is 10.0 Å². The average molecular weight is 277 g/mol. The van der Waals surface area contributed by atoms with Crippen LogP contribution in [0.5, 0.6) is 0 Å². The van der Waals surface area contributed by atoms with Crippen LogP contribution in [-0.2, 0) is 10.0 Å². The molecule has 1 saturated heterocycles. The molecule has 0 aromatic rings. The molecule has 5 nitrogen and oxygen atoms in total. The predicted octanol–water partition coefficient (Wildman–Crippen LogP) is 0.518. The molecule has 0 saturated carbocycles. The Kier molecular flexibility index (Phi) is 6.55. The molecule has 1 fully saturated rings. The van der Waals surface area contributed by atoms with Crippen LogP contribution < -0.4 is 10.5 Å². The van der Waals surface area contributed by atoms with Crippen molar-refractivity contribution in [3.05, 3.63) is 0 Å². The third-order valence-corrected chi connectivity index (χ3v) is 5.68. The van der Waals surface area contributed by atoms with Gasteiger partial charge in [-0.3, -0.25) is 0 Å². The molecule has 6 heteroatoms. The Morgan fingerprint density at radius 2 is 1.94 bits per heavy atom. The maximum Gasteiger partial charge on any atom is 0.215 e. The van der Waals surface area contributed by atoms with E-state index in [1.54, 1.807) is 0 Å². The third kappa shape index (κ3) is 4.50. The lowest BCUT2D eigenvalue weighted by atomic mass is 10.1. The molecule has 1 heterocycles. The summed E-state index contributed by atoms with van der Waals surface area (Å²) in [6.45, 7) is 7.31. The van der Waals surface area contributed by atoms with Crippen LogP contribution in [0.1, 0.15) is 39.5 Å². The molecular formula is C12H27N3O2S. The van der Waals surface area contributed by atoms with Crippen molar-refractivity contribution in [2.75, 3.05) is 26.2 Å². The van der Waals surface area contributed by atoms with Crippen LogP contribution in [0.4, 0.5) is 0 Å². The molecule has 3 N–H and O–H groups in total. The van der Waals surface area contributed by atoms with E-state index in [2.05, 4.69) is 16.5 Å². The lowest BCUT2D eigenvalue weighted by molar-refractivity contribution is 0.207. The number of likely N-dealkylation sites (tertiary alicyclic amines) is 1. The van der Waals surface area contributed by atoms with E-state index in [0.717, 1.165) is 38.9 Å². The summed E-state index contributed by atoms with van der Waals surface area (Å²) >= 11 is 0. The zero-order chi connectivity index (χ0) is 13.6. The standard InChI is InChI=1S/C12H27N3O2S/c1-3-7-15-8-5-11(6-9-15)14-18(16,17)12(4-2)10-13/h11-12,14H,3-10,13H2,1-2H3. The Hall–Kier alpha value is -0.170. The van der Waals surface area contributed by atoms with E-state index in [4.69, 9.17) is 5.73 Å². The highest BCUT2D eigenvalue weighted by Crippen LogP contribution is 2.13. The second-order valence-electron chi connectivity index (χ2n) is 5.04. The first kappa shape index (κ1) is 15.9. The number of nitrogens with zero attached hydrogens (tertiary/aromatic N) is 1. The molecule has 0 spiro atoms. The Morgan fingerprint density at radius 1 is 1.33 bits per heavy atom. The van der Waals surface area contributed by atoms with Crippen molar-refractivity contribution in [2.24, 2.45) is 5.73 Å². The summed E-state index contributed by atoms with van der Waals surface area (Å²) in [5.74, 6) is 0. The molecule has 0 radical (unpaired) electrons. The lowest BCUT2D eigenvalue weighted by Crippen LogP contribution is -2.48. The number of nitrogens with one attached hydrogen (secondary N) is 1. The Labute approximate surface area is 111 Å². The average Bonchev–Trinajstić information content (AvgIpc) is 2.33. The van der Waals surface area contributed by atoms with E-state index in [1.165, 1.54) is 0 Å². The molecule has 1 aliphatic heterocycles. The maximum atomic E-state index is 12.1. The smallest absolute Gasteiger partial charge is 0.215 e. The van der Waals surface area contributed by atoms with E-state index in [-0.39, 0.29) is 12.6 Å². The predicted molar refractivity (Wildman–Crippen MR) is 74.9 cm³/mol. The summed E-state index contributed by atoms with van der Waals surface area (Å²) in [5, 5.41) is -0.453. The molecule has 1 aliphatic rings. The molecular weight excluding hydrogens is 250 g/mol. The van der Waals surface area contributed by atoms with Gasteiger partial charge in [0.05, 0.1) is 5.25 Å². The summed E-state index contributed by atoms with van der Waals surface area (Å²) in [6.07, 6.45) is 3.53. The zero-order valence-corrected chi connectivity index (χ0v) is 12.4. The fourth-order valence-electron chi connectivity index (χ4n) is 2.43. The number of hydrogen-bond acceptors (Lipinski definition) is 4.